The number of rotatable bonds is 4. The van der Waals surface area contributed by atoms with Crippen LogP contribution >= 0.6 is 0 Å². The third-order valence-corrected chi connectivity index (χ3v) is 3.91. The fourth-order valence-corrected chi connectivity index (χ4v) is 2.72. The van der Waals surface area contributed by atoms with E-state index >= 15 is 0 Å². The maximum Gasteiger partial charge on any atom is 0.246 e. The second-order valence-corrected chi connectivity index (χ2v) is 5.66. The molecule has 1 unspecified atom stereocenters. The lowest BCUT2D eigenvalue weighted by atomic mass is 10.0. The zero-order chi connectivity index (χ0) is 18.0. The van der Waals surface area contributed by atoms with Crippen molar-refractivity contribution in [1.29, 1.82) is 5.26 Å². The van der Waals surface area contributed by atoms with Crippen molar-refractivity contribution in [3.63, 3.8) is 0 Å². The second-order valence-electron chi connectivity index (χ2n) is 5.66. The van der Waals surface area contributed by atoms with E-state index in [1.807, 2.05) is 13.0 Å². The van der Waals surface area contributed by atoms with Gasteiger partial charge < -0.3 is 5.73 Å². The largest absolute Gasteiger partial charge is 0.368 e. The first-order valence-corrected chi connectivity index (χ1v) is 7.61. The monoisotopic (exact) mass is 334 g/mol. The Kier molecular flexibility index (Phi) is 4.31. The summed E-state index contributed by atoms with van der Waals surface area (Å²) in [6.07, 6.45) is 0. The molecule has 0 spiro atoms. The van der Waals surface area contributed by atoms with E-state index in [0.717, 1.165) is 11.3 Å². The molecule has 6 heteroatoms. The number of carbonyl (C=O) groups excluding carboxylic acids is 1. The number of carbonyl (C=O) groups is 1. The van der Waals surface area contributed by atoms with Crippen molar-refractivity contribution in [2.24, 2.45) is 5.73 Å². The van der Waals surface area contributed by atoms with Crippen LogP contribution < -0.4 is 5.73 Å². The van der Waals surface area contributed by atoms with Crippen LogP contribution in [0.3, 0.4) is 0 Å². The number of hydrogen-bond donors (Lipinski definition) is 1. The van der Waals surface area contributed by atoms with Crippen molar-refractivity contribution in [2.75, 3.05) is 0 Å². The Bertz CT molecular complexity index is 970. The van der Waals surface area contributed by atoms with Gasteiger partial charge >= 0.3 is 0 Å². The molecule has 0 saturated carbocycles. The number of aromatic nitrogens is 2. The fourth-order valence-electron chi connectivity index (χ4n) is 2.72. The molecule has 25 heavy (non-hydrogen) atoms. The van der Waals surface area contributed by atoms with Crippen molar-refractivity contribution in [2.45, 2.75) is 13.0 Å². The molecule has 0 radical (unpaired) electrons. The van der Waals surface area contributed by atoms with Crippen LogP contribution in [0, 0.1) is 24.1 Å². The molecule has 1 heterocycles. The number of amides is 1. The molecule has 1 amide bonds. The summed E-state index contributed by atoms with van der Waals surface area (Å²) in [5.74, 6) is -0.907. The zero-order valence-electron chi connectivity index (χ0n) is 13.5. The molecule has 0 aliphatic heterocycles. The average molecular weight is 334 g/mol. The van der Waals surface area contributed by atoms with Gasteiger partial charge in [0.25, 0.3) is 0 Å². The van der Waals surface area contributed by atoms with Crippen LogP contribution in [0.5, 0.6) is 0 Å². The Balaban J connectivity index is 2.07. The zero-order valence-corrected chi connectivity index (χ0v) is 13.5. The van der Waals surface area contributed by atoms with E-state index in [2.05, 4.69) is 5.10 Å². The van der Waals surface area contributed by atoms with Gasteiger partial charge in [0.2, 0.25) is 5.91 Å². The predicted octanol–water partition coefficient (Wildman–Crippen LogP) is 2.94. The second kappa shape index (κ2) is 6.57. The Hall–Kier alpha value is -3.46. The Morgan fingerprint density at radius 2 is 1.96 bits per heavy atom. The predicted molar refractivity (Wildman–Crippen MR) is 90.8 cm³/mol. The number of nitriles is 1. The summed E-state index contributed by atoms with van der Waals surface area (Å²) >= 11 is 0. The summed E-state index contributed by atoms with van der Waals surface area (Å²) in [5, 5.41) is 13.5. The van der Waals surface area contributed by atoms with Gasteiger partial charge in [-0.1, -0.05) is 12.1 Å². The lowest BCUT2D eigenvalue weighted by Crippen LogP contribution is -2.29. The standard InChI is InChI=1S/C19H15FN4O/c1-12-9-17(14-5-7-16(20)8-6-14)23-24(12)18(19(22)25)15-4-2-3-13(10-15)11-21/h2-10,18H,1H3,(H2,22,25). The smallest absolute Gasteiger partial charge is 0.246 e. The van der Waals surface area contributed by atoms with Crippen LogP contribution in [-0.4, -0.2) is 15.7 Å². The number of aryl methyl sites for hydroxylation is 1. The van der Waals surface area contributed by atoms with Crippen LogP contribution in [0.2, 0.25) is 0 Å². The van der Waals surface area contributed by atoms with E-state index in [9.17, 15) is 9.18 Å². The maximum atomic E-state index is 13.1. The summed E-state index contributed by atoms with van der Waals surface area (Å²) in [4.78, 5) is 12.1. The minimum absolute atomic E-state index is 0.330. The van der Waals surface area contributed by atoms with Crippen molar-refractivity contribution in [3.05, 3.63) is 77.2 Å². The van der Waals surface area contributed by atoms with Crippen molar-refractivity contribution >= 4 is 5.91 Å². The van der Waals surface area contributed by atoms with E-state index in [1.54, 1.807) is 42.5 Å². The molecule has 3 aromatic rings. The molecule has 0 fully saturated rings. The lowest BCUT2D eigenvalue weighted by molar-refractivity contribution is -0.120. The van der Waals surface area contributed by atoms with Crippen LogP contribution in [0.4, 0.5) is 4.39 Å². The van der Waals surface area contributed by atoms with Crippen LogP contribution in [0.15, 0.2) is 54.6 Å². The molecular formula is C19H15FN4O. The number of hydrogen-bond acceptors (Lipinski definition) is 3. The number of benzene rings is 2. The normalized spacial score (nSPS) is 11.7. The quantitative estimate of drug-likeness (QED) is 0.796. The minimum Gasteiger partial charge on any atom is -0.368 e. The summed E-state index contributed by atoms with van der Waals surface area (Å²) in [5.41, 5.74) is 8.69. The molecule has 1 aromatic heterocycles. The summed E-state index contributed by atoms with van der Waals surface area (Å²) < 4.78 is 14.6. The van der Waals surface area contributed by atoms with E-state index in [0.29, 0.717) is 16.8 Å². The van der Waals surface area contributed by atoms with Gasteiger partial charge in [0.05, 0.1) is 17.3 Å². The third-order valence-electron chi connectivity index (χ3n) is 3.91. The molecule has 2 aromatic carbocycles. The van der Waals surface area contributed by atoms with E-state index in [4.69, 9.17) is 11.0 Å². The average Bonchev–Trinajstić information content (AvgIpc) is 2.97. The highest BCUT2D eigenvalue weighted by molar-refractivity contribution is 5.82. The molecule has 0 bridgehead atoms. The van der Waals surface area contributed by atoms with Crippen molar-refractivity contribution in [3.8, 4) is 17.3 Å². The third kappa shape index (κ3) is 3.26. The lowest BCUT2D eigenvalue weighted by Gasteiger charge is -2.16. The molecule has 124 valence electrons. The van der Waals surface area contributed by atoms with E-state index in [-0.39, 0.29) is 5.82 Å². The summed E-state index contributed by atoms with van der Waals surface area (Å²) in [7, 11) is 0. The van der Waals surface area contributed by atoms with E-state index < -0.39 is 11.9 Å². The number of halogens is 1. The van der Waals surface area contributed by atoms with Gasteiger partial charge in [-0.25, -0.2) is 4.39 Å². The fraction of sp³-hybridized carbons (Fsp3) is 0.105. The maximum absolute atomic E-state index is 13.1. The highest BCUT2D eigenvalue weighted by Crippen LogP contribution is 2.25. The van der Waals surface area contributed by atoms with Gasteiger partial charge in [-0.15, -0.1) is 0 Å². The van der Waals surface area contributed by atoms with Gasteiger partial charge in [0, 0.05) is 11.3 Å². The minimum atomic E-state index is -0.831. The number of primary amides is 1. The molecule has 1 atom stereocenters. The first kappa shape index (κ1) is 16.4. The van der Waals surface area contributed by atoms with Gasteiger partial charge in [-0.3, -0.25) is 9.48 Å². The highest BCUT2D eigenvalue weighted by atomic mass is 19.1. The van der Waals surface area contributed by atoms with Crippen LogP contribution in [0.1, 0.15) is 22.9 Å². The molecule has 0 saturated heterocycles. The topological polar surface area (TPSA) is 84.7 Å². The first-order valence-electron chi connectivity index (χ1n) is 7.61. The van der Waals surface area contributed by atoms with Gasteiger partial charge in [0.15, 0.2) is 6.04 Å². The van der Waals surface area contributed by atoms with E-state index in [1.165, 1.54) is 16.8 Å². The Labute approximate surface area is 144 Å². The number of nitrogens with two attached hydrogens (primary N) is 1. The Morgan fingerprint density at radius 3 is 2.60 bits per heavy atom. The molecule has 0 aliphatic rings. The van der Waals surface area contributed by atoms with Gasteiger partial charge in [-0.05, 0) is 55.0 Å². The van der Waals surface area contributed by atoms with Gasteiger partial charge in [-0.2, -0.15) is 10.4 Å². The van der Waals surface area contributed by atoms with Gasteiger partial charge in [0.1, 0.15) is 5.82 Å². The molecule has 5 nitrogen and oxygen atoms in total. The molecule has 0 aliphatic carbocycles. The Morgan fingerprint density at radius 1 is 1.24 bits per heavy atom. The van der Waals surface area contributed by atoms with Crippen molar-refractivity contribution < 1.29 is 9.18 Å². The van der Waals surface area contributed by atoms with Crippen LogP contribution in [0.25, 0.3) is 11.3 Å². The summed E-state index contributed by atoms with van der Waals surface area (Å²) in [6.45, 7) is 1.81. The SMILES string of the molecule is Cc1cc(-c2ccc(F)cc2)nn1C(C(N)=O)c1cccc(C#N)c1. The van der Waals surface area contributed by atoms with Crippen molar-refractivity contribution in [1.82, 2.24) is 9.78 Å². The first-order chi connectivity index (χ1) is 12.0. The van der Waals surface area contributed by atoms with Crippen LogP contribution in [-0.2, 0) is 4.79 Å². The number of nitrogens with zero attached hydrogens (tertiary/aromatic N) is 3. The molecule has 2 N–H and O–H groups in total. The highest BCUT2D eigenvalue weighted by Gasteiger charge is 2.23. The molecule has 3 rings (SSSR count). The summed E-state index contributed by atoms with van der Waals surface area (Å²) in [6, 6.07) is 15.7. The molecular weight excluding hydrogens is 319 g/mol.